The van der Waals surface area contributed by atoms with Crippen LogP contribution in [0.1, 0.15) is 11.3 Å². The highest BCUT2D eigenvalue weighted by molar-refractivity contribution is 6.06. The maximum absolute atomic E-state index is 8.56. The molecule has 0 aliphatic rings. The number of benzene rings is 1. The van der Waals surface area contributed by atoms with Crippen molar-refractivity contribution in [3.05, 3.63) is 29.5 Å². The Morgan fingerprint density at radius 3 is 3.07 bits per heavy atom. The molecule has 0 fully saturated rings. The van der Waals surface area contributed by atoms with Crippen LogP contribution in [0.3, 0.4) is 0 Å². The number of hydrogen-bond acceptors (Lipinski definition) is 4. The second kappa shape index (κ2) is 3.02. The van der Waals surface area contributed by atoms with Crippen molar-refractivity contribution in [3.63, 3.8) is 0 Å². The summed E-state index contributed by atoms with van der Waals surface area (Å²) in [7, 11) is 0. The summed E-state index contributed by atoms with van der Waals surface area (Å²) in [5.41, 5.74) is 7.36. The topological polar surface area (TPSA) is 84.6 Å². The molecule has 72 valence electrons. The first-order chi connectivity index (χ1) is 6.74. The molecule has 0 bridgehead atoms. The molecule has 2 aromatic rings. The molecule has 1 heterocycles. The zero-order chi connectivity index (χ0) is 10.1. The summed E-state index contributed by atoms with van der Waals surface area (Å²) in [5.74, 6) is 0.0201. The van der Waals surface area contributed by atoms with Gasteiger partial charge in [-0.25, -0.2) is 0 Å². The molecule has 0 saturated heterocycles. The van der Waals surface area contributed by atoms with Crippen LogP contribution < -0.4 is 5.73 Å². The third-order valence-corrected chi connectivity index (χ3v) is 2.06. The number of rotatable bonds is 1. The van der Waals surface area contributed by atoms with Crippen molar-refractivity contribution in [2.75, 3.05) is 0 Å². The SMILES string of the molecule is Cc1noc2c(/C(N)=N\O)cccc12. The first-order valence-corrected chi connectivity index (χ1v) is 4.07. The summed E-state index contributed by atoms with van der Waals surface area (Å²) >= 11 is 0. The molecule has 0 spiro atoms. The molecular weight excluding hydrogens is 182 g/mol. The molecule has 0 radical (unpaired) electrons. The van der Waals surface area contributed by atoms with Gasteiger partial charge in [0.1, 0.15) is 0 Å². The molecule has 3 N–H and O–H groups in total. The van der Waals surface area contributed by atoms with Crippen molar-refractivity contribution in [2.24, 2.45) is 10.9 Å². The highest BCUT2D eigenvalue weighted by Crippen LogP contribution is 2.21. The van der Waals surface area contributed by atoms with Crippen LogP contribution in [0.15, 0.2) is 27.9 Å². The molecule has 1 aromatic heterocycles. The van der Waals surface area contributed by atoms with Crippen molar-refractivity contribution in [1.29, 1.82) is 0 Å². The summed E-state index contributed by atoms with van der Waals surface area (Å²) in [6.45, 7) is 1.84. The normalized spacial score (nSPS) is 12.2. The molecule has 1 aromatic carbocycles. The minimum atomic E-state index is 0.0201. The number of para-hydroxylation sites is 1. The predicted molar refractivity (Wildman–Crippen MR) is 51.3 cm³/mol. The van der Waals surface area contributed by atoms with Gasteiger partial charge >= 0.3 is 0 Å². The molecule has 0 saturated carbocycles. The van der Waals surface area contributed by atoms with Crippen molar-refractivity contribution < 1.29 is 9.73 Å². The minimum Gasteiger partial charge on any atom is -0.409 e. The molecule has 5 heteroatoms. The van der Waals surface area contributed by atoms with E-state index in [1.165, 1.54) is 0 Å². The Labute approximate surface area is 79.8 Å². The maximum atomic E-state index is 8.56. The summed E-state index contributed by atoms with van der Waals surface area (Å²) in [5, 5.41) is 16.2. The van der Waals surface area contributed by atoms with E-state index in [1.807, 2.05) is 13.0 Å². The van der Waals surface area contributed by atoms with Crippen molar-refractivity contribution in [1.82, 2.24) is 5.16 Å². The molecule has 0 amide bonds. The zero-order valence-electron chi connectivity index (χ0n) is 7.56. The van der Waals surface area contributed by atoms with E-state index in [0.29, 0.717) is 11.1 Å². The van der Waals surface area contributed by atoms with Crippen LogP contribution in [0.4, 0.5) is 0 Å². The first-order valence-electron chi connectivity index (χ1n) is 4.07. The second-order valence-electron chi connectivity index (χ2n) is 2.94. The van der Waals surface area contributed by atoms with Crippen LogP contribution in [0.2, 0.25) is 0 Å². The third-order valence-electron chi connectivity index (χ3n) is 2.06. The van der Waals surface area contributed by atoms with Crippen molar-refractivity contribution in [3.8, 4) is 0 Å². The Bertz CT molecular complexity index is 502. The number of fused-ring (bicyclic) bond motifs is 1. The van der Waals surface area contributed by atoms with Gasteiger partial charge in [0.05, 0.1) is 11.3 Å². The molecule has 2 rings (SSSR count). The van der Waals surface area contributed by atoms with Crippen molar-refractivity contribution in [2.45, 2.75) is 6.92 Å². The molecule has 0 aliphatic carbocycles. The van der Waals surface area contributed by atoms with Gasteiger partial charge in [-0.05, 0) is 19.1 Å². The predicted octanol–water partition coefficient (Wildman–Crippen LogP) is 1.23. The van der Waals surface area contributed by atoms with Gasteiger partial charge in [-0.15, -0.1) is 0 Å². The third kappa shape index (κ3) is 1.10. The lowest BCUT2D eigenvalue weighted by atomic mass is 10.1. The van der Waals surface area contributed by atoms with Crippen LogP contribution in [0.5, 0.6) is 0 Å². The average molecular weight is 191 g/mol. The molecule has 5 nitrogen and oxygen atoms in total. The second-order valence-corrected chi connectivity index (χ2v) is 2.94. The maximum Gasteiger partial charge on any atom is 0.178 e. The van der Waals surface area contributed by atoms with E-state index in [-0.39, 0.29) is 5.84 Å². The highest BCUT2D eigenvalue weighted by Gasteiger charge is 2.11. The number of hydrogen-bond donors (Lipinski definition) is 2. The number of aryl methyl sites for hydroxylation is 1. The average Bonchev–Trinajstić information content (AvgIpc) is 2.59. The van der Waals surface area contributed by atoms with Gasteiger partial charge in [-0.2, -0.15) is 0 Å². The van der Waals surface area contributed by atoms with Gasteiger partial charge < -0.3 is 15.5 Å². The summed E-state index contributed by atoms with van der Waals surface area (Å²) in [6.07, 6.45) is 0. The molecule has 14 heavy (non-hydrogen) atoms. The fourth-order valence-corrected chi connectivity index (χ4v) is 1.34. The molecule has 0 atom stereocenters. The van der Waals surface area contributed by atoms with Crippen LogP contribution in [-0.2, 0) is 0 Å². The quantitative estimate of drug-likeness (QED) is 0.307. The lowest BCUT2D eigenvalue weighted by Gasteiger charge is -1.97. The first kappa shape index (κ1) is 8.55. The van der Waals surface area contributed by atoms with E-state index in [0.717, 1.165) is 11.1 Å². The van der Waals surface area contributed by atoms with E-state index >= 15 is 0 Å². The Kier molecular flexibility index (Phi) is 1.85. The van der Waals surface area contributed by atoms with Crippen LogP contribution >= 0.6 is 0 Å². The van der Waals surface area contributed by atoms with Gasteiger partial charge in [-0.1, -0.05) is 16.4 Å². The summed E-state index contributed by atoms with van der Waals surface area (Å²) < 4.78 is 5.08. The smallest absolute Gasteiger partial charge is 0.178 e. The Morgan fingerprint density at radius 2 is 2.36 bits per heavy atom. The Morgan fingerprint density at radius 1 is 1.57 bits per heavy atom. The monoisotopic (exact) mass is 191 g/mol. The lowest BCUT2D eigenvalue weighted by Crippen LogP contribution is -2.13. The number of oxime groups is 1. The van der Waals surface area contributed by atoms with E-state index in [1.54, 1.807) is 12.1 Å². The Hall–Kier alpha value is -2.04. The van der Waals surface area contributed by atoms with Gasteiger partial charge in [0, 0.05) is 5.39 Å². The fraction of sp³-hybridized carbons (Fsp3) is 0.111. The van der Waals surface area contributed by atoms with Gasteiger partial charge in [0.25, 0.3) is 0 Å². The van der Waals surface area contributed by atoms with Gasteiger partial charge in [0.2, 0.25) is 0 Å². The number of nitrogens with zero attached hydrogens (tertiary/aromatic N) is 2. The molecule has 0 aliphatic heterocycles. The van der Waals surface area contributed by atoms with E-state index < -0.39 is 0 Å². The largest absolute Gasteiger partial charge is 0.409 e. The number of amidine groups is 1. The van der Waals surface area contributed by atoms with Gasteiger partial charge in [0.15, 0.2) is 11.4 Å². The summed E-state index contributed by atoms with van der Waals surface area (Å²) in [4.78, 5) is 0. The summed E-state index contributed by atoms with van der Waals surface area (Å²) in [6, 6.07) is 5.39. The van der Waals surface area contributed by atoms with Crippen LogP contribution in [-0.4, -0.2) is 16.2 Å². The number of aromatic nitrogens is 1. The Balaban J connectivity index is 2.78. The fourth-order valence-electron chi connectivity index (χ4n) is 1.34. The van der Waals surface area contributed by atoms with E-state index in [4.69, 9.17) is 15.5 Å². The lowest BCUT2D eigenvalue weighted by molar-refractivity contribution is 0.318. The molecule has 0 unspecified atom stereocenters. The van der Waals surface area contributed by atoms with Crippen molar-refractivity contribution >= 4 is 16.8 Å². The standard InChI is InChI=1S/C9H9N3O2/c1-5-6-3-2-4-7(9(10)11-13)8(6)14-12-5/h2-4,13H,1H3,(H2,10,11). The van der Waals surface area contributed by atoms with E-state index in [9.17, 15) is 0 Å². The highest BCUT2D eigenvalue weighted by atomic mass is 16.5. The van der Waals surface area contributed by atoms with Gasteiger partial charge in [-0.3, -0.25) is 0 Å². The van der Waals surface area contributed by atoms with Crippen LogP contribution in [0, 0.1) is 6.92 Å². The van der Waals surface area contributed by atoms with Crippen LogP contribution in [0.25, 0.3) is 11.0 Å². The number of nitrogens with two attached hydrogens (primary N) is 1. The van der Waals surface area contributed by atoms with E-state index in [2.05, 4.69) is 10.3 Å². The molecular formula is C9H9N3O2. The zero-order valence-corrected chi connectivity index (χ0v) is 7.56. The minimum absolute atomic E-state index is 0.0201.